The number of carbonyl (C=O) groups is 2. The Kier molecular flexibility index (Phi) is 8.12. The van der Waals surface area contributed by atoms with Gasteiger partial charge in [0.25, 0.3) is 5.91 Å². The number of piperidine rings is 1. The van der Waals surface area contributed by atoms with Gasteiger partial charge in [-0.3, -0.25) is 9.59 Å². The van der Waals surface area contributed by atoms with Crippen molar-refractivity contribution in [3.05, 3.63) is 23.3 Å². The first-order chi connectivity index (χ1) is 14.1. The zero-order valence-corrected chi connectivity index (χ0v) is 19.5. The van der Waals surface area contributed by atoms with Crippen molar-refractivity contribution in [2.75, 3.05) is 54.5 Å². The molecule has 1 aromatic carbocycles. The van der Waals surface area contributed by atoms with Crippen LogP contribution in [0, 0.1) is 18.3 Å². The molecule has 0 spiro atoms. The molecule has 0 atom stereocenters. The number of methoxy groups -OCH3 is 2. The maximum absolute atomic E-state index is 13.0. The molecule has 1 aliphatic rings. The number of ether oxygens (including phenoxy) is 2. The fraction of sp³-hybridized carbons (Fsp3) is 0.652. The molecule has 1 aliphatic heterocycles. The summed E-state index contributed by atoms with van der Waals surface area (Å²) in [6.45, 7) is 8.88. The highest BCUT2D eigenvalue weighted by Crippen LogP contribution is 2.30. The highest BCUT2D eigenvalue weighted by molar-refractivity contribution is 5.95. The zero-order chi connectivity index (χ0) is 22.5. The summed E-state index contributed by atoms with van der Waals surface area (Å²) in [5, 5.41) is 3.11. The maximum Gasteiger partial charge on any atom is 0.254 e. The van der Waals surface area contributed by atoms with Crippen LogP contribution in [0.5, 0.6) is 11.5 Å². The Labute approximate surface area is 180 Å². The lowest BCUT2D eigenvalue weighted by Crippen LogP contribution is -2.46. The lowest BCUT2D eigenvalue weighted by atomic mass is 9.91. The number of hydrogen-bond donors (Lipinski definition) is 1. The van der Waals surface area contributed by atoms with Crippen LogP contribution in [0.1, 0.15) is 42.6 Å². The average Bonchev–Trinajstić information content (AvgIpc) is 2.71. The molecule has 2 amide bonds. The number of amides is 2. The van der Waals surface area contributed by atoms with Crippen molar-refractivity contribution in [3.8, 4) is 11.5 Å². The van der Waals surface area contributed by atoms with E-state index in [1.54, 1.807) is 26.4 Å². The molecule has 0 radical (unpaired) electrons. The first kappa shape index (κ1) is 24.0. The Bertz CT molecular complexity index is 728. The molecule has 30 heavy (non-hydrogen) atoms. The van der Waals surface area contributed by atoms with Crippen molar-refractivity contribution in [3.63, 3.8) is 0 Å². The fourth-order valence-electron chi connectivity index (χ4n) is 4.12. The van der Waals surface area contributed by atoms with Crippen molar-refractivity contribution in [2.24, 2.45) is 11.3 Å². The van der Waals surface area contributed by atoms with E-state index in [4.69, 9.17) is 9.47 Å². The largest absolute Gasteiger partial charge is 0.496 e. The zero-order valence-electron chi connectivity index (χ0n) is 19.5. The molecular formula is C23H37N3O4. The van der Waals surface area contributed by atoms with Crippen molar-refractivity contribution in [1.29, 1.82) is 0 Å². The molecule has 2 rings (SSSR count). The molecule has 1 saturated heterocycles. The van der Waals surface area contributed by atoms with Crippen LogP contribution in [-0.4, -0.2) is 76.1 Å². The van der Waals surface area contributed by atoms with E-state index in [0.717, 1.165) is 12.1 Å². The Morgan fingerprint density at radius 3 is 2.13 bits per heavy atom. The summed E-state index contributed by atoms with van der Waals surface area (Å²) in [6.07, 6.45) is 1.34. The van der Waals surface area contributed by atoms with Gasteiger partial charge in [0, 0.05) is 43.2 Å². The Hall–Kier alpha value is -2.28. The lowest BCUT2D eigenvalue weighted by Gasteiger charge is -2.33. The van der Waals surface area contributed by atoms with E-state index in [1.165, 1.54) is 0 Å². The summed E-state index contributed by atoms with van der Waals surface area (Å²) in [5.41, 5.74) is 1.42. The van der Waals surface area contributed by atoms with Crippen molar-refractivity contribution in [1.82, 2.24) is 15.1 Å². The predicted molar refractivity (Wildman–Crippen MR) is 118 cm³/mol. The van der Waals surface area contributed by atoms with E-state index in [1.807, 2.05) is 25.9 Å². The van der Waals surface area contributed by atoms with Gasteiger partial charge in [-0.1, -0.05) is 13.8 Å². The van der Waals surface area contributed by atoms with Crippen LogP contribution in [0.3, 0.4) is 0 Å². The molecule has 1 fully saturated rings. The number of benzene rings is 1. The molecule has 0 unspecified atom stereocenters. The van der Waals surface area contributed by atoms with Gasteiger partial charge in [0.15, 0.2) is 0 Å². The minimum Gasteiger partial charge on any atom is -0.496 e. The van der Waals surface area contributed by atoms with Crippen LogP contribution < -0.4 is 14.8 Å². The number of likely N-dealkylation sites (tertiary alicyclic amines) is 1. The molecule has 7 heteroatoms. The summed E-state index contributed by atoms with van der Waals surface area (Å²) in [6, 6.07) is 3.51. The molecule has 1 aromatic rings. The monoisotopic (exact) mass is 419 g/mol. The minimum atomic E-state index is -0.0578. The van der Waals surface area contributed by atoms with Gasteiger partial charge >= 0.3 is 0 Å². The van der Waals surface area contributed by atoms with E-state index in [9.17, 15) is 9.59 Å². The van der Waals surface area contributed by atoms with Gasteiger partial charge in [-0.15, -0.1) is 0 Å². The minimum absolute atomic E-state index is 0.0133. The summed E-state index contributed by atoms with van der Waals surface area (Å²) in [7, 11) is 7.24. The first-order valence-corrected chi connectivity index (χ1v) is 10.5. The second-order valence-electron chi connectivity index (χ2n) is 9.19. The summed E-state index contributed by atoms with van der Waals surface area (Å²) >= 11 is 0. The Morgan fingerprint density at radius 1 is 1.13 bits per heavy atom. The van der Waals surface area contributed by atoms with Crippen LogP contribution in [0.25, 0.3) is 0 Å². The average molecular weight is 420 g/mol. The van der Waals surface area contributed by atoms with E-state index in [0.29, 0.717) is 49.5 Å². The first-order valence-electron chi connectivity index (χ1n) is 10.5. The van der Waals surface area contributed by atoms with Crippen LogP contribution in [0.15, 0.2) is 12.1 Å². The number of nitrogens with zero attached hydrogens (tertiary/aromatic N) is 2. The summed E-state index contributed by atoms with van der Waals surface area (Å²) in [5.74, 6) is 1.25. The highest BCUT2D eigenvalue weighted by Gasteiger charge is 2.29. The third kappa shape index (κ3) is 6.11. The number of rotatable bonds is 8. The second kappa shape index (κ2) is 10.2. The van der Waals surface area contributed by atoms with E-state index < -0.39 is 0 Å². The number of hydrogen-bond acceptors (Lipinski definition) is 5. The van der Waals surface area contributed by atoms with Gasteiger partial charge < -0.3 is 24.6 Å². The quantitative estimate of drug-likeness (QED) is 0.701. The van der Waals surface area contributed by atoms with Crippen molar-refractivity contribution < 1.29 is 19.1 Å². The number of carbonyl (C=O) groups excluding carboxylic acids is 2. The van der Waals surface area contributed by atoms with E-state index in [2.05, 4.69) is 24.1 Å². The van der Waals surface area contributed by atoms with E-state index >= 15 is 0 Å². The Balaban J connectivity index is 1.94. The standard InChI is InChI=1S/C23H37N3O4/c1-16-19(29-6)12-18(13-20(16)30-7)22(28)26-10-8-17(9-11-26)21(27)24-14-23(2,3)15-25(4)5/h12-13,17H,8-11,14-15H2,1-7H3,(H,24,27). The molecule has 1 N–H and O–H groups in total. The van der Waals surface area contributed by atoms with Crippen molar-refractivity contribution >= 4 is 11.8 Å². The van der Waals surface area contributed by atoms with Crippen LogP contribution >= 0.6 is 0 Å². The molecule has 7 nitrogen and oxygen atoms in total. The van der Waals surface area contributed by atoms with Crippen LogP contribution in [0.2, 0.25) is 0 Å². The van der Waals surface area contributed by atoms with Gasteiger partial charge in [0.05, 0.1) is 14.2 Å². The second-order valence-corrected chi connectivity index (χ2v) is 9.19. The van der Waals surface area contributed by atoms with Crippen molar-refractivity contribution in [2.45, 2.75) is 33.6 Å². The fourth-order valence-corrected chi connectivity index (χ4v) is 4.12. The highest BCUT2D eigenvalue weighted by atomic mass is 16.5. The topological polar surface area (TPSA) is 71.1 Å². The third-order valence-corrected chi connectivity index (χ3v) is 5.64. The molecule has 1 heterocycles. The van der Waals surface area contributed by atoms with Gasteiger partial charge in [0.1, 0.15) is 11.5 Å². The third-order valence-electron chi connectivity index (χ3n) is 5.64. The molecule has 0 bridgehead atoms. The summed E-state index contributed by atoms with van der Waals surface area (Å²) in [4.78, 5) is 29.6. The predicted octanol–water partition coefficient (Wildman–Crippen LogP) is 2.57. The maximum atomic E-state index is 13.0. The van der Waals surface area contributed by atoms with Gasteiger partial charge in [-0.25, -0.2) is 0 Å². The van der Waals surface area contributed by atoms with Gasteiger partial charge in [-0.2, -0.15) is 0 Å². The summed E-state index contributed by atoms with van der Waals surface area (Å²) < 4.78 is 10.8. The van der Waals surface area contributed by atoms with Gasteiger partial charge in [-0.05, 0) is 51.4 Å². The van der Waals surface area contributed by atoms with Crippen LogP contribution in [0.4, 0.5) is 0 Å². The molecule has 0 saturated carbocycles. The van der Waals surface area contributed by atoms with Gasteiger partial charge in [0.2, 0.25) is 5.91 Å². The van der Waals surface area contributed by atoms with Crippen LogP contribution in [-0.2, 0) is 4.79 Å². The lowest BCUT2D eigenvalue weighted by molar-refractivity contribution is -0.126. The molecular weight excluding hydrogens is 382 g/mol. The number of nitrogens with one attached hydrogen (secondary N) is 1. The molecule has 0 aliphatic carbocycles. The smallest absolute Gasteiger partial charge is 0.254 e. The van der Waals surface area contributed by atoms with E-state index in [-0.39, 0.29) is 23.1 Å². The normalized spacial score (nSPS) is 15.3. The molecule has 168 valence electrons. The molecule has 0 aromatic heterocycles. The Morgan fingerprint density at radius 2 is 1.67 bits per heavy atom. The SMILES string of the molecule is COc1cc(C(=O)N2CCC(C(=O)NCC(C)(C)CN(C)C)CC2)cc(OC)c1C.